The largest absolute Gasteiger partial charge is 0.490 e. The zero-order valence-electron chi connectivity index (χ0n) is 83.1. The number of aromatic nitrogens is 2. The summed E-state index contributed by atoms with van der Waals surface area (Å²) in [5.74, 6) is 1.42. The van der Waals surface area contributed by atoms with E-state index in [2.05, 4.69) is 197 Å². The molecule has 0 amide bonds. The number of aliphatic hydroxyl groups is 2. The molecular weight excluding hydrogens is 1600 g/mol. The van der Waals surface area contributed by atoms with Gasteiger partial charge in [0.05, 0.1) is 102 Å². The Morgan fingerprint density at radius 2 is 0.767 bits per heavy atom. The van der Waals surface area contributed by atoms with Crippen LogP contribution in [-0.4, -0.2) is 193 Å². The van der Waals surface area contributed by atoms with Gasteiger partial charge in [0.25, 0.3) is 0 Å². The first-order valence-corrected chi connectivity index (χ1v) is 50.2. The second-order valence-electron chi connectivity index (χ2n) is 33.4. The van der Waals surface area contributed by atoms with Crippen molar-refractivity contribution in [1.29, 1.82) is 0 Å². The lowest BCUT2D eigenvalue weighted by atomic mass is 10.0. The Labute approximate surface area is 786 Å². The van der Waals surface area contributed by atoms with Gasteiger partial charge in [0, 0.05) is 100.0 Å². The van der Waals surface area contributed by atoms with Crippen LogP contribution in [0.3, 0.4) is 0 Å². The molecule has 1 aliphatic rings. The number of imidazole rings is 1. The molecule has 0 saturated carbocycles. The third-order valence-corrected chi connectivity index (χ3v) is 22.5. The molecule has 0 atom stereocenters. The molecule has 8 aromatic rings. The molecule has 0 unspecified atom stereocenters. The van der Waals surface area contributed by atoms with Crippen molar-refractivity contribution < 1.29 is 43.9 Å². The smallest absolute Gasteiger partial charge is 0.138 e. The highest BCUT2D eigenvalue weighted by molar-refractivity contribution is 6.06. The van der Waals surface area contributed by atoms with Crippen LogP contribution >= 0.6 is 0 Å². The van der Waals surface area contributed by atoms with E-state index in [9.17, 15) is 10.2 Å². The molecule has 0 saturated heterocycles. The van der Waals surface area contributed by atoms with Gasteiger partial charge in [0.2, 0.25) is 0 Å². The first-order valence-electron chi connectivity index (χ1n) is 50.2. The van der Waals surface area contributed by atoms with E-state index < -0.39 is 0 Å². The quantitative estimate of drug-likeness (QED) is 0.0138. The number of unbranched alkanes of at least 4 members (excludes halogenated alkanes) is 21. The van der Waals surface area contributed by atoms with Gasteiger partial charge in [-0.1, -0.05) is 373 Å². The average Bonchev–Trinajstić information content (AvgIpc) is 1.65. The minimum atomic E-state index is -0.135. The molecule has 1 aromatic heterocycles. The van der Waals surface area contributed by atoms with E-state index in [1.54, 1.807) is 32.4 Å². The van der Waals surface area contributed by atoms with Crippen molar-refractivity contribution in [2.75, 3.05) is 157 Å². The molecule has 18 nitrogen and oxygen atoms in total. The summed E-state index contributed by atoms with van der Waals surface area (Å²) in [4.78, 5) is 17.8. The second kappa shape index (κ2) is 85.9. The molecule has 1 aliphatic heterocycles. The third-order valence-electron chi connectivity index (χ3n) is 22.5. The normalized spacial score (nSPS) is 11.1. The number of nitrogens with one attached hydrogen (secondary N) is 2. The predicted molar refractivity (Wildman–Crippen MR) is 555 cm³/mol. The van der Waals surface area contributed by atoms with Crippen molar-refractivity contribution in [2.45, 2.75) is 275 Å². The lowest BCUT2D eigenvalue weighted by molar-refractivity contribution is -0.929. The molecule has 0 spiro atoms. The standard InChI is InChI=1S/C21H16N2.C20H35NO7.C16H36N.C16H35N.C14H11N.C14H23N.C8H19N.C2H8N2.H2O/c1-4-10-16(11-5-1)19-20(17-12-6-2-7-13-17)23-21(22-19)18-14-8-3-9-15-18;1-24-9-6-21(7-10-25-2)8-11-26-12-13-27-14-15-28-20-18(16-22)4-3-5-19(20)17-23;1-5-9-13-17(14-10-6-2,15-11-7-3)16-12-8-4;1-3-5-7-9-11-13-15-17-16-14-12-10-8-6-4-2;1-2-6-11(7-3-1)14-10-12-8-4-5-9-13(12)15-14;1-3-5-12-15(13-6-4-2)14-10-8-7-9-11-14;1-2-3-4-5-6-7-8-9;3-1-2-4;/h1-15H,(H,22,23);3-5,22-23H,6-17H2,1-2H3;5-16H2,1-4H3;17H,3-16H2,1-2H3;1-9H,10H2;7-11H,3-6,12-13H2,1-2H3;2-9H2,1H3;1-4H2;1H2/q;;+1;;;;;;. The maximum Gasteiger partial charge on any atom is 0.138 e. The average molecular weight is 1790 g/mol. The summed E-state index contributed by atoms with van der Waals surface area (Å²) in [5, 5.41) is 22.3. The maximum absolute atomic E-state index is 9.37. The Balaban J connectivity index is 0.000000761. The number of nitrogens with two attached hydrogens (primary N) is 3. The number of nitrogens with zero attached hydrogens (tertiary/aromatic N) is 5. The number of rotatable bonds is 62. The molecule has 12 N–H and O–H groups in total. The van der Waals surface area contributed by atoms with Gasteiger partial charge in [0.15, 0.2) is 0 Å². The van der Waals surface area contributed by atoms with Crippen LogP contribution in [0.15, 0.2) is 199 Å². The van der Waals surface area contributed by atoms with Crippen molar-refractivity contribution >= 4 is 17.1 Å². The van der Waals surface area contributed by atoms with Crippen LogP contribution in [0, 0.1) is 0 Å². The molecule has 129 heavy (non-hydrogen) atoms. The number of aromatic amines is 1. The molecule has 0 radical (unpaired) electrons. The number of benzene rings is 7. The maximum atomic E-state index is 9.37. The molecule has 0 aliphatic carbocycles. The van der Waals surface area contributed by atoms with Crippen LogP contribution in [-0.2, 0) is 38.6 Å². The number of anilines is 1. The minimum Gasteiger partial charge on any atom is -0.490 e. The van der Waals surface area contributed by atoms with Crippen molar-refractivity contribution in [3.05, 3.63) is 216 Å². The summed E-state index contributed by atoms with van der Waals surface area (Å²) >= 11 is 0. The van der Waals surface area contributed by atoms with Gasteiger partial charge >= 0.3 is 0 Å². The van der Waals surface area contributed by atoms with Gasteiger partial charge in [0.1, 0.15) is 18.2 Å². The Hall–Kier alpha value is -7.50. The fourth-order valence-electron chi connectivity index (χ4n) is 14.7. The zero-order chi connectivity index (χ0) is 92.9. The molecule has 726 valence electrons. The molecular formula is C111H185N10O8+. The fraction of sp³-hybridized carbons (Fsp3) is 0.586. The van der Waals surface area contributed by atoms with Crippen molar-refractivity contribution in [2.24, 2.45) is 22.2 Å². The van der Waals surface area contributed by atoms with Crippen LogP contribution in [0.1, 0.15) is 277 Å². The zero-order valence-corrected chi connectivity index (χ0v) is 83.1. The van der Waals surface area contributed by atoms with E-state index in [1.165, 1.54) is 272 Å². The Kier molecular flexibility index (Phi) is 79.6. The number of hydrogen-bond donors (Lipinski definition) is 7. The molecule has 18 heteroatoms. The van der Waals surface area contributed by atoms with E-state index >= 15 is 0 Å². The highest BCUT2D eigenvalue weighted by atomic mass is 16.5. The lowest BCUT2D eigenvalue weighted by Crippen LogP contribution is -2.50. The van der Waals surface area contributed by atoms with Crippen LogP contribution in [0.2, 0.25) is 0 Å². The highest BCUT2D eigenvalue weighted by Gasteiger charge is 2.25. The van der Waals surface area contributed by atoms with E-state index in [1.807, 2.05) is 66.7 Å². The van der Waals surface area contributed by atoms with Crippen LogP contribution < -0.4 is 32.2 Å². The first kappa shape index (κ1) is 120. The van der Waals surface area contributed by atoms with Crippen molar-refractivity contribution in [3.63, 3.8) is 0 Å². The van der Waals surface area contributed by atoms with Crippen molar-refractivity contribution in [1.82, 2.24) is 20.2 Å². The van der Waals surface area contributed by atoms with Gasteiger partial charge < -0.3 is 76.3 Å². The summed E-state index contributed by atoms with van der Waals surface area (Å²) < 4.78 is 28.4. The Morgan fingerprint density at radius 3 is 1.20 bits per heavy atom. The van der Waals surface area contributed by atoms with Gasteiger partial charge in [-0.05, 0) is 107 Å². The third kappa shape index (κ3) is 58.2. The SMILES string of the molecule is CCCCCCCCN.CCCCCCCCNCCCCCCCC.CCCCN(CCCC)c1ccccc1.CCCC[N+](CCCC)(CCCC)CCCC.COCCN(CCOC)CCOCCOCCOc1c(CO)cccc1CO.NCCN.O.c1ccc(-c2nc(-c3ccccc3)c(-c3ccccc3)[nH]2)cc1.c1ccc(C2=Nc3ccccc3C2)cc1. The Bertz CT molecular complexity index is 3580. The van der Waals surface area contributed by atoms with E-state index in [4.69, 9.17) is 45.9 Å². The summed E-state index contributed by atoms with van der Waals surface area (Å²) in [7, 11) is 3.39. The van der Waals surface area contributed by atoms with E-state index in [-0.39, 0.29) is 18.7 Å². The van der Waals surface area contributed by atoms with E-state index in [0.29, 0.717) is 76.2 Å². The monoisotopic (exact) mass is 1790 g/mol. The molecule has 0 fully saturated rings. The number of aliphatic hydroxyl groups excluding tert-OH is 2. The number of H-pyrrole nitrogens is 1. The van der Waals surface area contributed by atoms with Gasteiger partial charge in [-0.25, -0.2) is 4.98 Å². The number of hydrogen-bond acceptors (Lipinski definition) is 15. The first-order chi connectivity index (χ1) is 63.0. The molecule has 0 bridgehead atoms. The van der Waals surface area contributed by atoms with Gasteiger partial charge in [-0.2, -0.15) is 0 Å². The van der Waals surface area contributed by atoms with Gasteiger partial charge in [-0.3, -0.25) is 9.89 Å². The summed E-state index contributed by atoms with van der Waals surface area (Å²) in [6.45, 7) is 39.2. The number of para-hydroxylation sites is 3. The summed E-state index contributed by atoms with van der Waals surface area (Å²) in [5.41, 5.74) is 28.1. The number of methoxy groups -OCH3 is 2. The number of ether oxygens (including phenoxy) is 5. The predicted octanol–water partition coefficient (Wildman–Crippen LogP) is 24.2. The van der Waals surface area contributed by atoms with Crippen LogP contribution in [0.25, 0.3) is 33.9 Å². The van der Waals surface area contributed by atoms with Crippen LogP contribution in [0.4, 0.5) is 11.4 Å². The molecule has 9 rings (SSSR count). The summed E-state index contributed by atoms with van der Waals surface area (Å²) in [6, 6.07) is 65.6. The topological polar surface area (TPSA) is 256 Å². The number of quaternary nitrogens is 1. The highest BCUT2D eigenvalue weighted by Crippen LogP contribution is 2.34. The Morgan fingerprint density at radius 1 is 0.380 bits per heavy atom. The minimum absolute atomic E-state index is 0. The van der Waals surface area contributed by atoms with E-state index in [0.717, 1.165) is 72.2 Å². The summed E-state index contributed by atoms with van der Waals surface area (Å²) in [6.07, 6.45) is 42.1. The van der Waals surface area contributed by atoms with Gasteiger partial charge in [-0.15, -0.1) is 0 Å². The lowest BCUT2D eigenvalue weighted by Gasteiger charge is -2.39. The van der Waals surface area contributed by atoms with Crippen molar-refractivity contribution in [3.8, 4) is 39.7 Å². The molecule has 7 aromatic carbocycles. The van der Waals surface area contributed by atoms with Crippen LogP contribution in [0.5, 0.6) is 5.75 Å². The number of aliphatic imine (C=N–C) groups is 1. The molecule has 2 heterocycles. The number of fused-ring (bicyclic) bond motifs is 1. The fourth-order valence-corrected chi connectivity index (χ4v) is 14.7. The second-order valence-corrected chi connectivity index (χ2v) is 33.4.